The Labute approximate surface area is 212 Å². The zero-order chi connectivity index (χ0) is 25.5. The van der Waals surface area contributed by atoms with Crippen LogP contribution in [-0.2, 0) is 14.4 Å². The smallest absolute Gasteiger partial charge is 0.248 e. The highest BCUT2D eigenvalue weighted by molar-refractivity contribution is 8.02. The van der Waals surface area contributed by atoms with Crippen molar-refractivity contribution in [2.75, 3.05) is 18.5 Å². The van der Waals surface area contributed by atoms with Crippen LogP contribution in [0.3, 0.4) is 0 Å². The standard InChI is InChI=1S/C27H39N3O4S/c1-6-12-28-24(32)20-19-10-11-27(35-19)21(20)26(34)30(18(14-31)13-15(2)3)23(27)25(33)29-22-16(4)8-7-9-17(22)5/h7-9,15,18-21,23,31H,6,10-14H2,1-5H3,(H,28,32)(H,29,33)/t18-,19+,20-,21+,23?,27?/m1/s1. The topological polar surface area (TPSA) is 98.7 Å². The lowest BCUT2D eigenvalue weighted by atomic mass is 9.70. The third-order valence-electron chi connectivity index (χ3n) is 7.92. The predicted octanol–water partition coefficient (Wildman–Crippen LogP) is 3.27. The number of benzene rings is 1. The number of fused-ring (bicyclic) bond motifs is 1. The fourth-order valence-corrected chi connectivity index (χ4v) is 8.68. The van der Waals surface area contributed by atoms with Gasteiger partial charge in [0.15, 0.2) is 0 Å². The van der Waals surface area contributed by atoms with Crippen LogP contribution in [0.25, 0.3) is 0 Å². The maximum absolute atomic E-state index is 14.1. The summed E-state index contributed by atoms with van der Waals surface area (Å²) in [6.07, 6.45) is 2.96. The van der Waals surface area contributed by atoms with Gasteiger partial charge in [-0.05, 0) is 56.6 Å². The van der Waals surface area contributed by atoms with E-state index in [4.69, 9.17) is 0 Å². The minimum absolute atomic E-state index is 0.0381. The molecule has 2 bridgehead atoms. The first-order valence-electron chi connectivity index (χ1n) is 12.9. The molecule has 35 heavy (non-hydrogen) atoms. The SMILES string of the molecule is CCCNC(=O)[C@@H]1[C@@H]2CCC3(S2)C(C(=O)Nc2c(C)cccc2C)N([C@@H](CO)CC(C)C)C(=O)[C@H]13. The summed E-state index contributed by atoms with van der Waals surface area (Å²) in [4.78, 5) is 43.0. The van der Waals surface area contributed by atoms with E-state index in [1.165, 1.54) is 0 Å². The van der Waals surface area contributed by atoms with E-state index in [2.05, 4.69) is 24.5 Å². The van der Waals surface area contributed by atoms with Crippen molar-refractivity contribution < 1.29 is 19.5 Å². The average Bonchev–Trinajstić information content (AvgIpc) is 3.45. The van der Waals surface area contributed by atoms with Gasteiger partial charge < -0.3 is 20.6 Å². The molecule has 3 heterocycles. The van der Waals surface area contributed by atoms with Crippen molar-refractivity contribution in [2.24, 2.45) is 17.8 Å². The molecule has 3 fully saturated rings. The second-order valence-corrected chi connectivity index (χ2v) is 12.4. The van der Waals surface area contributed by atoms with E-state index in [1.807, 2.05) is 39.0 Å². The summed E-state index contributed by atoms with van der Waals surface area (Å²) >= 11 is 1.66. The predicted molar refractivity (Wildman–Crippen MR) is 139 cm³/mol. The van der Waals surface area contributed by atoms with Crippen molar-refractivity contribution >= 4 is 35.2 Å². The molecule has 3 aliphatic heterocycles. The molecule has 0 aliphatic carbocycles. The quantitative estimate of drug-likeness (QED) is 0.482. The Kier molecular flexibility index (Phi) is 7.53. The largest absolute Gasteiger partial charge is 0.394 e. The second kappa shape index (κ2) is 10.1. The minimum Gasteiger partial charge on any atom is -0.394 e. The van der Waals surface area contributed by atoms with E-state index >= 15 is 0 Å². The molecular formula is C27H39N3O4S. The second-order valence-electron chi connectivity index (χ2n) is 10.8. The number of amides is 3. The third kappa shape index (κ3) is 4.37. The molecule has 0 radical (unpaired) electrons. The number of aryl methyl sites for hydroxylation is 2. The molecule has 192 valence electrons. The maximum Gasteiger partial charge on any atom is 0.248 e. The number of aliphatic hydroxyl groups is 1. The molecule has 3 amide bonds. The number of anilines is 1. The normalized spacial score (nSPS) is 30.0. The minimum atomic E-state index is -0.728. The Balaban J connectivity index is 1.75. The Hall–Kier alpha value is -2.06. The van der Waals surface area contributed by atoms with Crippen molar-refractivity contribution in [3.05, 3.63) is 29.3 Å². The van der Waals surface area contributed by atoms with Crippen LogP contribution in [0.1, 0.15) is 57.6 Å². The zero-order valence-corrected chi connectivity index (χ0v) is 22.3. The van der Waals surface area contributed by atoms with Gasteiger partial charge in [-0.25, -0.2) is 0 Å². The van der Waals surface area contributed by atoms with Gasteiger partial charge in [0.25, 0.3) is 0 Å². The lowest BCUT2D eigenvalue weighted by Crippen LogP contribution is -2.55. The molecule has 0 saturated carbocycles. The van der Waals surface area contributed by atoms with Crippen molar-refractivity contribution in [3.8, 4) is 0 Å². The van der Waals surface area contributed by atoms with Crippen molar-refractivity contribution in [1.82, 2.24) is 10.2 Å². The molecule has 3 N–H and O–H groups in total. The monoisotopic (exact) mass is 501 g/mol. The van der Waals surface area contributed by atoms with Crippen LogP contribution < -0.4 is 10.6 Å². The van der Waals surface area contributed by atoms with Gasteiger partial charge in [-0.2, -0.15) is 0 Å². The molecule has 2 unspecified atom stereocenters. The van der Waals surface area contributed by atoms with Crippen LogP contribution >= 0.6 is 11.8 Å². The van der Waals surface area contributed by atoms with Crippen LogP contribution in [0.15, 0.2) is 18.2 Å². The molecule has 3 aliphatic rings. The Bertz CT molecular complexity index is 978. The van der Waals surface area contributed by atoms with Gasteiger partial charge in [-0.15, -0.1) is 11.8 Å². The van der Waals surface area contributed by atoms with Crippen LogP contribution in [-0.4, -0.2) is 63.0 Å². The number of hydrogen-bond acceptors (Lipinski definition) is 5. The summed E-state index contributed by atoms with van der Waals surface area (Å²) < 4.78 is -0.652. The van der Waals surface area contributed by atoms with E-state index in [0.717, 1.165) is 36.1 Å². The van der Waals surface area contributed by atoms with Gasteiger partial charge in [0.1, 0.15) is 6.04 Å². The van der Waals surface area contributed by atoms with E-state index in [9.17, 15) is 19.5 Å². The molecule has 1 spiro atoms. The number of nitrogens with zero attached hydrogens (tertiary/aromatic N) is 1. The van der Waals surface area contributed by atoms with Crippen LogP contribution in [0.4, 0.5) is 5.69 Å². The van der Waals surface area contributed by atoms with Crippen LogP contribution in [0, 0.1) is 31.6 Å². The number of aliphatic hydroxyl groups excluding tert-OH is 1. The number of thioether (sulfide) groups is 1. The zero-order valence-electron chi connectivity index (χ0n) is 21.5. The number of carbonyl (C=O) groups is 3. The number of likely N-dealkylation sites (tertiary alicyclic amines) is 1. The van der Waals surface area contributed by atoms with Gasteiger partial charge in [-0.1, -0.05) is 39.0 Å². The van der Waals surface area contributed by atoms with Gasteiger partial charge in [-0.3, -0.25) is 14.4 Å². The summed E-state index contributed by atoms with van der Waals surface area (Å²) in [6.45, 7) is 10.4. The Morgan fingerprint density at radius 3 is 2.51 bits per heavy atom. The Morgan fingerprint density at radius 2 is 1.91 bits per heavy atom. The molecule has 6 atom stereocenters. The summed E-state index contributed by atoms with van der Waals surface area (Å²) in [6, 6.07) is 4.68. The van der Waals surface area contributed by atoms with Gasteiger partial charge >= 0.3 is 0 Å². The highest BCUT2D eigenvalue weighted by Gasteiger charge is 2.74. The molecular weight excluding hydrogens is 462 g/mol. The molecule has 3 saturated heterocycles. The summed E-state index contributed by atoms with van der Waals surface area (Å²) in [5, 5.41) is 16.5. The molecule has 1 aromatic carbocycles. The Morgan fingerprint density at radius 1 is 1.23 bits per heavy atom. The van der Waals surface area contributed by atoms with E-state index in [0.29, 0.717) is 13.0 Å². The van der Waals surface area contributed by atoms with E-state index in [-0.39, 0.29) is 35.5 Å². The van der Waals surface area contributed by atoms with Crippen LogP contribution in [0.2, 0.25) is 0 Å². The first-order chi connectivity index (χ1) is 16.7. The molecule has 1 aromatic rings. The van der Waals surface area contributed by atoms with Gasteiger partial charge in [0, 0.05) is 17.5 Å². The number of carbonyl (C=O) groups excluding carboxylic acids is 3. The van der Waals surface area contributed by atoms with Crippen molar-refractivity contribution in [2.45, 2.75) is 82.4 Å². The molecule has 0 aromatic heterocycles. The average molecular weight is 502 g/mol. The summed E-state index contributed by atoms with van der Waals surface area (Å²) in [7, 11) is 0. The lowest BCUT2D eigenvalue weighted by Gasteiger charge is -2.37. The number of rotatable bonds is 9. The highest BCUT2D eigenvalue weighted by atomic mass is 32.2. The maximum atomic E-state index is 14.1. The number of para-hydroxylation sites is 1. The van der Waals surface area contributed by atoms with Gasteiger partial charge in [0.2, 0.25) is 17.7 Å². The first kappa shape index (κ1) is 26.0. The highest BCUT2D eigenvalue weighted by Crippen LogP contribution is 2.66. The lowest BCUT2D eigenvalue weighted by molar-refractivity contribution is -0.142. The fraction of sp³-hybridized carbons (Fsp3) is 0.667. The summed E-state index contributed by atoms with van der Waals surface area (Å²) in [5.74, 6) is -1.19. The third-order valence-corrected chi connectivity index (χ3v) is 9.87. The van der Waals surface area contributed by atoms with Crippen LogP contribution in [0.5, 0.6) is 0 Å². The first-order valence-corrected chi connectivity index (χ1v) is 13.8. The molecule has 7 nitrogen and oxygen atoms in total. The molecule has 8 heteroatoms. The van der Waals surface area contributed by atoms with E-state index < -0.39 is 28.7 Å². The number of hydrogen-bond donors (Lipinski definition) is 3. The molecule has 4 rings (SSSR count). The van der Waals surface area contributed by atoms with E-state index in [1.54, 1.807) is 16.7 Å². The van der Waals surface area contributed by atoms with Gasteiger partial charge in [0.05, 0.1) is 29.2 Å². The van der Waals surface area contributed by atoms with Crippen molar-refractivity contribution in [1.29, 1.82) is 0 Å². The number of nitrogens with one attached hydrogen (secondary N) is 2. The van der Waals surface area contributed by atoms with Crippen molar-refractivity contribution in [3.63, 3.8) is 0 Å². The summed E-state index contributed by atoms with van der Waals surface area (Å²) in [5.41, 5.74) is 2.69. The fourth-order valence-electron chi connectivity index (χ4n) is 6.47.